The molecule has 1 aromatic heterocycles. The number of nitrogens with two attached hydrogens (primary N) is 1. The van der Waals surface area contributed by atoms with Crippen molar-refractivity contribution in [2.75, 3.05) is 37.0 Å². The Morgan fingerprint density at radius 1 is 1.48 bits per heavy atom. The Hall–Kier alpha value is -1.28. The highest BCUT2D eigenvalue weighted by atomic mass is 32.2. The Labute approximate surface area is 129 Å². The molecule has 1 amide bonds. The summed E-state index contributed by atoms with van der Waals surface area (Å²) in [5.41, 5.74) is 6.01. The van der Waals surface area contributed by atoms with Crippen molar-refractivity contribution in [2.45, 2.75) is 24.7 Å². The lowest BCUT2D eigenvalue weighted by atomic mass is 10.3. The molecule has 1 saturated carbocycles. The van der Waals surface area contributed by atoms with E-state index in [1.807, 2.05) is 11.8 Å². The molecule has 2 rings (SSSR count). The third kappa shape index (κ3) is 3.32. The van der Waals surface area contributed by atoms with Crippen LogP contribution < -0.4 is 16.0 Å². The normalized spacial score (nSPS) is 15.0. The SMILES string of the molecule is CCN(CC1CC1)c1sc(C(=O)NC)c(N)c1S(C)(=O)=O. The molecule has 1 aromatic rings. The molecule has 0 spiro atoms. The van der Waals surface area contributed by atoms with Crippen LogP contribution in [-0.4, -0.2) is 40.7 Å². The van der Waals surface area contributed by atoms with Crippen LogP contribution in [0.2, 0.25) is 0 Å². The predicted molar refractivity (Wildman–Crippen MR) is 85.8 cm³/mol. The number of carbonyl (C=O) groups excluding carboxylic acids is 1. The molecule has 1 fully saturated rings. The number of carbonyl (C=O) groups is 1. The predicted octanol–water partition coefficient (Wildman–Crippen LogP) is 1.33. The summed E-state index contributed by atoms with van der Waals surface area (Å²) in [6.45, 7) is 3.47. The molecule has 118 valence electrons. The zero-order valence-corrected chi connectivity index (χ0v) is 14.1. The second-order valence-electron chi connectivity index (χ2n) is 5.31. The first-order valence-electron chi connectivity index (χ1n) is 6.88. The zero-order chi connectivity index (χ0) is 15.8. The topological polar surface area (TPSA) is 92.5 Å². The van der Waals surface area contributed by atoms with Crippen molar-refractivity contribution in [3.05, 3.63) is 4.88 Å². The summed E-state index contributed by atoms with van der Waals surface area (Å²) in [4.78, 5) is 14.3. The van der Waals surface area contributed by atoms with Crippen molar-refractivity contribution >= 4 is 37.8 Å². The molecule has 0 aliphatic heterocycles. The second kappa shape index (κ2) is 5.84. The van der Waals surface area contributed by atoms with E-state index in [1.165, 1.54) is 19.9 Å². The first-order chi connectivity index (χ1) is 9.79. The first-order valence-corrected chi connectivity index (χ1v) is 9.59. The van der Waals surface area contributed by atoms with Gasteiger partial charge in [0.1, 0.15) is 14.8 Å². The maximum absolute atomic E-state index is 12.1. The fraction of sp³-hybridized carbons (Fsp3) is 0.615. The summed E-state index contributed by atoms with van der Waals surface area (Å²) in [6.07, 6.45) is 3.48. The Morgan fingerprint density at radius 3 is 2.52 bits per heavy atom. The molecule has 0 saturated heterocycles. The van der Waals surface area contributed by atoms with Crippen LogP contribution in [0, 0.1) is 5.92 Å². The Morgan fingerprint density at radius 2 is 2.10 bits per heavy atom. The van der Waals surface area contributed by atoms with E-state index in [-0.39, 0.29) is 21.4 Å². The summed E-state index contributed by atoms with van der Waals surface area (Å²) in [5, 5.41) is 3.09. The van der Waals surface area contributed by atoms with E-state index < -0.39 is 9.84 Å². The number of sulfone groups is 1. The average Bonchev–Trinajstić information content (AvgIpc) is 3.15. The van der Waals surface area contributed by atoms with E-state index >= 15 is 0 Å². The van der Waals surface area contributed by atoms with Crippen LogP contribution >= 0.6 is 11.3 Å². The summed E-state index contributed by atoms with van der Waals surface area (Å²) in [6, 6.07) is 0. The van der Waals surface area contributed by atoms with Gasteiger partial charge < -0.3 is 16.0 Å². The van der Waals surface area contributed by atoms with Gasteiger partial charge in [-0.05, 0) is 25.7 Å². The van der Waals surface area contributed by atoms with Crippen LogP contribution in [0.1, 0.15) is 29.4 Å². The number of amides is 1. The van der Waals surface area contributed by atoms with E-state index in [4.69, 9.17) is 5.73 Å². The van der Waals surface area contributed by atoms with Crippen molar-refractivity contribution in [3.8, 4) is 0 Å². The van der Waals surface area contributed by atoms with Crippen LogP contribution in [0.4, 0.5) is 10.7 Å². The third-order valence-electron chi connectivity index (χ3n) is 3.53. The van der Waals surface area contributed by atoms with Crippen molar-refractivity contribution < 1.29 is 13.2 Å². The highest BCUT2D eigenvalue weighted by Crippen LogP contribution is 2.43. The highest BCUT2D eigenvalue weighted by Gasteiger charge is 2.31. The summed E-state index contributed by atoms with van der Waals surface area (Å²) < 4.78 is 24.2. The van der Waals surface area contributed by atoms with Crippen molar-refractivity contribution in [1.29, 1.82) is 0 Å². The lowest BCUT2D eigenvalue weighted by molar-refractivity contribution is 0.0968. The van der Waals surface area contributed by atoms with Gasteiger partial charge in [0.15, 0.2) is 9.84 Å². The van der Waals surface area contributed by atoms with Gasteiger partial charge in [-0.15, -0.1) is 11.3 Å². The molecule has 21 heavy (non-hydrogen) atoms. The monoisotopic (exact) mass is 331 g/mol. The molecule has 3 N–H and O–H groups in total. The fourth-order valence-corrected chi connectivity index (χ4v) is 4.96. The van der Waals surface area contributed by atoms with Gasteiger partial charge in [0.05, 0.1) is 5.69 Å². The lowest BCUT2D eigenvalue weighted by Crippen LogP contribution is -2.25. The Kier molecular flexibility index (Phi) is 4.48. The van der Waals surface area contributed by atoms with Gasteiger partial charge in [-0.1, -0.05) is 0 Å². The molecule has 1 heterocycles. The van der Waals surface area contributed by atoms with E-state index in [1.54, 1.807) is 0 Å². The molecule has 1 aliphatic carbocycles. The fourth-order valence-electron chi connectivity index (χ4n) is 2.23. The standard InChI is InChI=1S/C13H21N3O3S2/c1-4-16(7-8-5-6-8)13-11(21(3,18)19)9(14)10(20-13)12(17)15-2/h8H,4-7,14H2,1-3H3,(H,15,17). The minimum absolute atomic E-state index is 0.0612. The number of rotatable bonds is 6. The van der Waals surface area contributed by atoms with E-state index in [0.29, 0.717) is 17.5 Å². The maximum atomic E-state index is 12.1. The van der Waals surface area contributed by atoms with Gasteiger partial charge in [0.25, 0.3) is 5.91 Å². The Balaban J connectivity index is 2.54. The number of nitrogens with zero attached hydrogens (tertiary/aromatic N) is 1. The van der Waals surface area contributed by atoms with Crippen LogP contribution in [0.5, 0.6) is 0 Å². The van der Waals surface area contributed by atoms with Crippen molar-refractivity contribution in [2.24, 2.45) is 5.92 Å². The van der Waals surface area contributed by atoms with Crippen molar-refractivity contribution in [3.63, 3.8) is 0 Å². The third-order valence-corrected chi connectivity index (χ3v) is 6.08. The van der Waals surface area contributed by atoms with Gasteiger partial charge in [-0.2, -0.15) is 0 Å². The van der Waals surface area contributed by atoms with E-state index in [9.17, 15) is 13.2 Å². The van der Waals surface area contributed by atoms with Crippen LogP contribution in [0.3, 0.4) is 0 Å². The quantitative estimate of drug-likeness (QED) is 0.820. The second-order valence-corrected chi connectivity index (χ2v) is 8.26. The molecule has 0 bridgehead atoms. The molecule has 0 unspecified atom stereocenters. The molecule has 1 aliphatic rings. The van der Waals surface area contributed by atoms with Gasteiger partial charge >= 0.3 is 0 Å². The van der Waals surface area contributed by atoms with E-state index in [0.717, 1.165) is 24.1 Å². The largest absolute Gasteiger partial charge is 0.396 e. The molecular weight excluding hydrogens is 310 g/mol. The summed E-state index contributed by atoms with van der Waals surface area (Å²) >= 11 is 1.16. The van der Waals surface area contributed by atoms with Crippen LogP contribution in [0.25, 0.3) is 0 Å². The highest BCUT2D eigenvalue weighted by molar-refractivity contribution is 7.91. The number of nitrogens with one attached hydrogen (secondary N) is 1. The number of thiophene rings is 1. The first kappa shape index (κ1) is 16.1. The molecule has 0 radical (unpaired) electrons. The van der Waals surface area contributed by atoms with E-state index in [2.05, 4.69) is 5.32 Å². The molecule has 0 atom stereocenters. The van der Waals surface area contributed by atoms with Gasteiger partial charge in [0.2, 0.25) is 0 Å². The average molecular weight is 331 g/mol. The minimum Gasteiger partial charge on any atom is -0.396 e. The zero-order valence-electron chi connectivity index (χ0n) is 12.5. The van der Waals surface area contributed by atoms with Gasteiger partial charge in [0, 0.05) is 26.4 Å². The number of anilines is 2. The molecular formula is C13H21N3O3S2. The smallest absolute Gasteiger partial charge is 0.263 e. The summed E-state index contributed by atoms with van der Waals surface area (Å²) in [7, 11) is -1.99. The van der Waals surface area contributed by atoms with Gasteiger partial charge in [-0.3, -0.25) is 4.79 Å². The summed E-state index contributed by atoms with van der Waals surface area (Å²) in [5.74, 6) is 0.264. The van der Waals surface area contributed by atoms with Crippen LogP contribution in [-0.2, 0) is 9.84 Å². The van der Waals surface area contributed by atoms with Crippen molar-refractivity contribution in [1.82, 2.24) is 5.32 Å². The Bertz CT molecular complexity index is 648. The molecule has 0 aromatic carbocycles. The van der Waals surface area contributed by atoms with Gasteiger partial charge in [-0.25, -0.2) is 8.42 Å². The number of hydrogen-bond acceptors (Lipinski definition) is 6. The molecule has 6 nitrogen and oxygen atoms in total. The molecule has 8 heteroatoms. The minimum atomic E-state index is -3.49. The van der Waals surface area contributed by atoms with Crippen LogP contribution in [0.15, 0.2) is 4.90 Å². The lowest BCUT2D eigenvalue weighted by Gasteiger charge is -2.22. The maximum Gasteiger partial charge on any atom is 0.263 e. The number of nitrogen functional groups attached to an aromatic ring is 1. The number of hydrogen-bond donors (Lipinski definition) is 2.